The third-order valence-electron chi connectivity index (χ3n) is 2.77. The quantitative estimate of drug-likeness (QED) is 0.878. The molecule has 0 saturated heterocycles. The van der Waals surface area contributed by atoms with Gasteiger partial charge in [-0.25, -0.2) is 13.2 Å². The van der Waals surface area contributed by atoms with E-state index in [0.29, 0.717) is 12.5 Å². The Labute approximate surface area is 105 Å². The van der Waals surface area contributed by atoms with Crippen LogP contribution in [0.15, 0.2) is 23.1 Å². The minimum atomic E-state index is -3.51. The van der Waals surface area contributed by atoms with Crippen LogP contribution in [0.25, 0.3) is 0 Å². The number of hydrogen-bond donors (Lipinski definition) is 1. The summed E-state index contributed by atoms with van der Waals surface area (Å²) in [5, 5.41) is 9.06. The number of aromatic carboxylic acids is 1. The van der Waals surface area contributed by atoms with Crippen molar-refractivity contribution in [3.8, 4) is 5.75 Å². The Morgan fingerprint density at radius 1 is 1.44 bits per heavy atom. The molecule has 98 valence electrons. The zero-order chi connectivity index (χ0) is 13.3. The molecule has 0 amide bonds. The van der Waals surface area contributed by atoms with Gasteiger partial charge in [-0.15, -0.1) is 0 Å². The molecule has 5 nitrogen and oxygen atoms in total. The zero-order valence-electron chi connectivity index (χ0n) is 9.92. The van der Waals surface area contributed by atoms with Crippen molar-refractivity contribution in [3.63, 3.8) is 0 Å². The number of benzene rings is 1. The summed E-state index contributed by atoms with van der Waals surface area (Å²) in [6.07, 6.45) is 3.13. The van der Waals surface area contributed by atoms with Gasteiger partial charge in [0.2, 0.25) is 0 Å². The average Bonchev–Trinajstić information content (AvgIpc) is 3.08. The van der Waals surface area contributed by atoms with E-state index in [9.17, 15) is 13.2 Å². The summed E-state index contributed by atoms with van der Waals surface area (Å²) in [4.78, 5) is 11.0. The zero-order valence-corrected chi connectivity index (χ0v) is 10.7. The van der Waals surface area contributed by atoms with Crippen molar-refractivity contribution >= 4 is 15.8 Å². The Hall–Kier alpha value is -1.56. The van der Waals surface area contributed by atoms with Crippen LogP contribution in [-0.4, -0.2) is 32.4 Å². The summed E-state index contributed by atoms with van der Waals surface area (Å²) in [5.41, 5.74) is -0.112. The number of carbonyl (C=O) groups is 1. The lowest BCUT2D eigenvalue weighted by Crippen LogP contribution is -2.10. The number of sulfone groups is 1. The normalized spacial score (nSPS) is 15.4. The molecule has 0 spiro atoms. The van der Waals surface area contributed by atoms with Gasteiger partial charge in [0.05, 0.1) is 6.61 Å². The molecule has 0 atom stereocenters. The second-order valence-electron chi connectivity index (χ2n) is 4.46. The highest BCUT2D eigenvalue weighted by atomic mass is 32.2. The van der Waals surface area contributed by atoms with Crippen LogP contribution in [0.1, 0.15) is 23.2 Å². The topological polar surface area (TPSA) is 80.7 Å². The fraction of sp³-hybridized carbons (Fsp3) is 0.417. The molecule has 2 rings (SSSR count). The lowest BCUT2D eigenvalue weighted by molar-refractivity contribution is 0.0691. The first-order valence-electron chi connectivity index (χ1n) is 5.58. The maximum absolute atomic E-state index is 11.6. The van der Waals surface area contributed by atoms with E-state index in [-0.39, 0.29) is 16.2 Å². The first-order valence-corrected chi connectivity index (χ1v) is 7.48. The van der Waals surface area contributed by atoms with E-state index in [1.165, 1.54) is 18.2 Å². The molecular weight excluding hydrogens is 256 g/mol. The molecule has 18 heavy (non-hydrogen) atoms. The molecular formula is C12H14O5S. The number of ether oxygens (including phenoxy) is 1. The van der Waals surface area contributed by atoms with E-state index < -0.39 is 15.8 Å². The van der Waals surface area contributed by atoms with Crippen molar-refractivity contribution in [2.75, 3.05) is 12.9 Å². The largest absolute Gasteiger partial charge is 0.491 e. The van der Waals surface area contributed by atoms with E-state index in [1.807, 2.05) is 0 Å². The summed E-state index contributed by atoms with van der Waals surface area (Å²) in [5.74, 6) is -0.815. The Balaban J connectivity index is 2.44. The lowest BCUT2D eigenvalue weighted by atomic mass is 10.2. The Kier molecular flexibility index (Phi) is 3.30. The van der Waals surface area contributed by atoms with Gasteiger partial charge in [-0.1, -0.05) is 6.07 Å². The highest BCUT2D eigenvalue weighted by Crippen LogP contribution is 2.33. The molecule has 0 radical (unpaired) electrons. The third kappa shape index (κ3) is 2.81. The van der Waals surface area contributed by atoms with Crippen LogP contribution in [0.2, 0.25) is 0 Å². The molecule has 0 heterocycles. The summed E-state index contributed by atoms with van der Waals surface area (Å²) in [7, 11) is -3.51. The monoisotopic (exact) mass is 270 g/mol. The van der Waals surface area contributed by atoms with Gasteiger partial charge in [-0.2, -0.15) is 0 Å². The maximum atomic E-state index is 11.6. The summed E-state index contributed by atoms with van der Waals surface area (Å²) in [6, 6.07) is 4.12. The van der Waals surface area contributed by atoms with Gasteiger partial charge < -0.3 is 9.84 Å². The number of para-hydroxylation sites is 1. The lowest BCUT2D eigenvalue weighted by Gasteiger charge is -2.12. The Bertz CT molecular complexity index is 572. The number of carboxylic acids is 1. The van der Waals surface area contributed by atoms with Crippen molar-refractivity contribution in [1.82, 2.24) is 0 Å². The van der Waals surface area contributed by atoms with E-state index in [1.54, 1.807) is 0 Å². The first kappa shape index (κ1) is 12.9. The first-order chi connectivity index (χ1) is 8.39. The summed E-state index contributed by atoms with van der Waals surface area (Å²) in [6.45, 7) is 0.368. The van der Waals surface area contributed by atoms with Gasteiger partial charge in [0.15, 0.2) is 15.6 Å². The van der Waals surface area contributed by atoms with E-state index in [4.69, 9.17) is 9.84 Å². The minimum Gasteiger partial charge on any atom is -0.491 e. The second-order valence-corrected chi connectivity index (χ2v) is 6.45. The highest BCUT2D eigenvalue weighted by Gasteiger charge is 2.26. The molecule has 0 unspecified atom stereocenters. The molecule has 1 aromatic carbocycles. The minimum absolute atomic E-state index is 0.0422. The molecule has 0 aromatic heterocycles. The van der Waals surface area contributed by atoms with Gasteiger partial charge >= 0.3 is 5.97 Å². The Morgan fingerprint density at radius 2 is 2.11 bits per heavy atom. The molecule has 1 saturated carbocycles. The molecule has 0 aliphatic heterocycles. The van der Waals surface area contributed by atoms with Crippen molar-refractivity contribution < 1.29 is 23.1 Å². The summed E-state index contributed by atoms with van der Waals surface area (Å²) >= 11 is 0. The van der Waals surface area contributed by atoms with Crippen LogP contribution >= 0.6 is 0 Å². The number of hydrogen-bond acceptors (Lipinski definition) is 4. The maximum Gasteiger partial charge on any atom is 0.339 e. The number of rotatable bonds is 5. The van der Waals surface area contributed by atoms with Gasteiger partial charge in [-0.3, -0.25) is 0 Å². The smallest absolute Gasteiger partial charge is 0.339 e. The van der Waals surface area contributed by atoms with Gasteiger partial charge in [0, 0.05) is 6.26 Å². The predicted molar refractivity (Wildman–Crippen MR) is 64.7 cm³/mol. The van der Waals surface area contributed by atoms with Crippen LogP contribution < -0.4 is 4.74 Å². The highest BCUT2D eigenvalue weighted by molar-refractivity contribution is 7.90. The fourth-order valence-electron chi connectivity index (χ4n) is 1.61. The van der Waals surface area contributed by atoms with Crippen LogP contribution in [0.3, 0.4) is 0 Å². The fourth-order valence-corrected chi connectivity index (χ4v) is 2.44. The molecule has 6 heteroatoms. The molecule has 1 aliphatic carbocycles. The molecule has 1 fully saturated rings. The van der Waals surface area contributed by atoms with Crippen LogP contribution in [0.5, 0.6) is 5.75 Å². The molecule has 1 aliphatic rings. The van der Waals surface area contributed by atoms with Crippen LogP contribution in [0, 0.1) is 5.92 Å². The molecule has 1 aromatic rings. The van der Waals surface area contributed by atoms with Crippen molar-refractivity contribution in [3.05, 3.63) is 23.8 Å². The Morgan fingerprint density at radius 3 is 2.61 bits per heavy atom. The molecule has 1 N–H and O–H groups in total. The number of carboxylic acid groups (broad SMARTS) is 1. The van der Waals surface area contributed by atoms with Crippen LogP contribution in [0.4, 0.5) is 0 Å². The van der Waals surface area contributed by atoms with Gasteiger partial charge in [0.1, 0.15) is 10.5 Å². The van der Waals surface area contributed by atoms with Gasteiger partial charge in [-0.05, 0) is 30.9 Å². The van der Waals surface area contributed by atoms with E-state index in [0.717, 1.165) is 19.1 Å². The standard InChI is InChI=1S/C12H14O5S/c1-18(15,16)10-4-2-3-9(12(13)14)11(10)17-7-8-5-6-8/h2-4,8H,5-7H2,1H3,(H,13,14). The molecule has 0 bridgehead atoms. The second kappa shape index (κ2) is 4.61. The average molecular weight is 270 g/mol. The van der Waals surface area contributed by atoms with Crippen molar-refractivity contribution in [1.29, 1.82) is 0 Å². The van der Waals surface area contributed by atoms with E-state index >= 15 is 0 Å². The SMILES string of the molecule is CS(=O)(=O)c1cccc(C(=O)O)c1OCC1CC1. The summed E-state index contributed by atoms with van der Waals surface area (Å²) < 4.78 is 28.7. The van der Waals surface area contributed by atoms with Crippen LogP contribution in [-0.2, 0) is 9.84 Å². The van der Waals surface area contributed by atoms with Gasteiger partial charge in [0.25, 0.3) is 0 Å². The van der Waals surface area contributed by atoms with Crippen molar-refractivity contribution in [2.45, 2.75) is 17.7 Å². The van der Waals surface area contributed by atoms with E-state index in [2.05, 4.69) is 0 Å². The van der Waals surface area contributed by atoms with Crippen molar-refractivity contribution in [2.24, 2.45) is 5.92 Å². The third-order valence-corrected chi connectivity index (χ3v) is 3.89. The predicted octanol–water partition coefficient (Wildman–Crippen LogP) is 1.58.